The Labute approximate surface area is 82.8 Å². The predicted octanol–water partition coefficient (Wildman–Crippen LogP) is 3.42. The Morgan fingerprint density at radius 2 is 1.85 bits per heavy atom. The molecule has 1 aliphatic rings. The average Bonchev–Trinajstić information content (AvgIpc) is 1.80. The molecule has 1 heteroatoms. The second-order valence-electron chi connectivity index (χ2n) is 5.85. The molecule has 76 valence electrons. The van der Waals surface area contributed by atoms with Crippen molar-refractivity contribution in [2.24, 2.45) is 5.41 Å². The van der Waals surface area contributed by atoms with E-state index in [0.717, 1.165) is 0 Å². The summed E-state index contributed by atoms with van der Waals surface area (Å²) in [6.45, 7) is 14.9. The van der Waals surface area contributed by atoms with Gasteiger partial charge in [0.25, 0.3) is 0 Å². The second kappa shape index (κ2) is 3.04. The zero-order valence-corrected chi connectivity index (χ0v) is 9.94. The Balaban J connectivity index is 2.86. The van der Waals surface area contributed by atoms with Crippen molar-refractivity contribution in [2.75, 3.05) is 6.54 Å². The molecule has 1 heterocycles. The molecule has 0 N–H and O–H groups in total. The number of rotatable bonds is 0. The van der Waals surface area contributed by atoms with Gasteiger partial charge < -0.3 is 4.90 Å². The molecule has 1 aliphatic heterocycles. The van der Waals surface area contributed by atoms with Crippen molar-refractivity contribution in [3.63, 3.8) is 0 Å². The van der Waals surface area contributed by atoms with E-state index in [0.29, 0.717) is 5.41 Å². The van der Waals surface area contributed by atoms with Crippen molar-refractivity contribution in [1.29, 1.82) is 0 Å². The van der Waals surface area contributed by atoms with Crippen molar-refractivity contribution in [3.05, 3.63) is 11.8 Å². The molecule has 0 fully saturated rings. The van der Waals surface area contributed by atoms with Crippen LogP contribution in [0.3, 0.4) is 0 Å². The number of hydrogen-bond donors (Lipinski definition) is 0. The lowest BCUT2D eigenvalue weighted by Crippen LogP contribution is -2.44. The lowest BCUT2D eigenvalue weighted by Gasteiger charge is -2.44. The molecule has 0 aromatic heterocycles. The zero-order valence-electron chi connectivity index (χ0n) is 9.94. The molecule has 0 saturated carbocycles. The minimum Gasteiger partial charge on any atom is -0.370 e. The molecule has 0 radical (unpaired) electrons. The van der Waals surface area contributed by atoms with E-state index in [9.17, 15) is 0 Å². The molecule has 0 aromatic rings. The van der Waals surface area contributed by atoms with Crippen molar-refractivity contribution in [1.82, 2.24) is 4.90 Å². The van der Waals surface area contributed by atoms with E-state index < -0.39 is 0 Å². The summed E-state index contributed by atoms with van der Waals surface area (Å²) < 4.78 is 0. The molecule has 0 atom stereocenters. The Morgan fingerprint density at radius 3 is 2.23 bits per heavy atom. The molecule has 0 unspecified atom stereocenters. The Kier molecular flexibility index (Phi) is 2.48. The summed E-state index contributed by atoms with van der Waals surface area (Å²) in [5.74, 6) is 0. The molecule has 13 heavy (non-hydrogen) atoms. The first-order valence-electron chi connectivity index (χ1n) is 5.19. The number of allylic oxidation sites excluding steroid dienone is 2. The highest BCUT2D eigenvalue weighted by Gasteiger charge is 2.29. The van der Waals surface area contributed by atoms with Crippen molar-refractivity contribution in [3.8, 4) is 0 Å². The van der Waals surface area contributed by atoms with Gasteiger partial charge in [-0.25, -0.2) is 0 Å². The van der Waals surface area contributed by atoms with Crippen LogP contribution in [0.4, 0.5) is 0 Å². The minimum absolute atomic E-state index is 0.275. The van der Waals surface area contributed by atoms with Gasteiger partial charge in [-0.3, -0.25) is 0 Å². The van der Waals surface area contributed by atoms with Crippen molar-refractivity contribution < 1.29 is 0 Å². The van der Waals surface area contributed by atoms with E-state index in [4.69, 9.17) is 0 Å². The summed E-state index contributed by atoms with van der Waals surface area (Å²) in [7, 11) is 0. The maximum absolute atomic E-state index is 2.50. The van der Waals surface area contributed by atoms with Gasteiger partial charge in [0.15, 0.2) is 0 Å². The maximum atomic E-state index is 2.50. The Bertz CT molecular complexity index is 218. The molecule has 0 saturated heterocycles. The third-order valence-corrected chi connectivity index (χ3v) is 2.81. The SMILES string of the molecule is CC1=CC(C)(C)CCN1C(C)(C)C. The summed E-state index contributed by atoms with van der Waals surface area (Å²) in [5, 5.41) is 0. The summed E-state index contributed by atoms with van der Waals surface area (Å²) in [5.41, 5.74) is 2.10. The van der Waals surface area contributed by atoms with Gasteiger partial charge in [-0.1, -0.05) is 19.9 Å². The predicted molar refractivity (Wildman–Crippen MR) is 58.6 cm³/mol. The molecule has 0 aliphatic carbocycles. The molecular formula is C12H23N. The highest BCUT2D eigenvalue weighted by molar-refractivity contribution is 5.11. The second-order valence-corrected chi connectivity index (χ2v) is 5.85. The smallest absolute Gasteiger partial charge is 0.0314 e. The molecule has 1 rings (SSSR count). The molecule has 0 aromatic carbocycles. The van der Waals surface area contributed by atoms with Crippen LogP contribution < -0.4 is 0 Å². The molecule has 0 bridgehead atoms. The quantitative estimate of drug-likeness (QED) is 0.553. The van der Waals surface area contributed by atoms with Crippen LogP contribution in [0.2, 0.25) is 0 Å². The van der Waals surface area contributed by atoms with Gasteiger partial charge in [0.2, 0.25) is 0 Å². The van der Waals surface area contributed by atoms with Gasteiger partial charge in [0, 0.05) is 17.8 Å². The van der Waals surface area contributed by atoms with Crippen LogP contribution in [0.25, 0.3) is 0 Å². The van der Waals surface area contributed by atoms with Gasteiger partial charge in [0.1, 0.15) is 0 Å². The minimum atomic E-state index is 0.275. The van der Waals surface area contributed by atoms with E-state index in [1.165, 1.54) is 18.7 Å². The Hall–Kier alpha value is -0.460. The van der Waals surface area contributed by atoms with Crippen LogP contribution in [0, 0.1) is 5.41 Å². The molecule has 0 amide bonds. The first kappa shape index (κ1) is 10.6. The van der Waals surface area contributed by atoms with E-state index in [1.54, 1.807) is 0 Å². The van der Waals surface area contributed by atoms with Gasteiger partial charge in [0.05, 0.1) is 0 Å². The highest BCUT2D eigenvalue weighted by Crippen LogP contribution is 2.33. The summed E-state index contributed by atoms with van der Waals surface area (Å²) >= 11 is 0. The zero-order chi connectivity index (χ0) is 10.3. The lowest BCUT2D eigenvalue weighted by molar-refractivity contribution is 0.147. The molecule has 1 nitrogen and oxygen atoms in total. The van der Waals surface area contributed by atoms with Crippen molar-refractivity contribution >= 4 is 0 Å². The third kappa shape index (κ3) is 2.49. The van der Waals surface area contributed by atoms with Crippen LogP contribution in [-0.2, 0) is 0 Å². The fraction of sp³-hybridized carbons (Fsp3) is 0.833. The topological polar surface area (TPSA) is 3.24 Å². The van der Waals surface area contributed by atoms with Gasteiger partial charge in [-0.05, 0) is 39.5 Å². The van der Waals surface area contributed by atoms with Gasteiger partial charge >= 0.3 is 0 Å². The number of nitrogens with zero attached hydrogens (tertiary/aromatic N) is 1. The van der Waals surface area contributed by atoms with Crippen LogP contribution in [0.15, 0.2) is 11.8 Å². The standard InChI is InChI=1S/C12H23N/c1-10-9-12(5,6)7-8-13(10)11(2,3)4/h9H,7-8H2,1-6H3. The normalized spacial score (nSPS) is 22.9. The lowest BCUT2D eigenvalue weighted by atomic mass is 9.84. The highest BCUT2D eigenvalue weighted by atomic mass is 15.2. The molecule has 0 spiro atoms. The van der Waals surface area contributed by atoms with Gasteiger partial charge in [-0.15, -0.1) is 0 Å². The monoisotopic (exact) mass is 181 g/mol. The summed E-state index contributed by atoms with van der Waals surface area (Å²) in [6.07, 6.45) is 3.67. The largest absolute Gasteiger partial charge is 0.370 e. The van der Waals surface area contributed by atoms with Crippen molar-refractivity contribution in [2.45, 2.75) is 53.5 Å². The van der Waals surface area contributed by atoms with E-state index in [-0.39, 0.29) is 5.54 Å². The van der Waals surface area contributed by atoms with Crippen LogP contribution in [0.5, 0.6) is 0 Å². The first-order chi connectivity index (χ1) is 5.72. The van der Waals surface area contributed by atoms with Crippen LogP contribution >= 0.6 is 0 Å². The fourth-order valence-corrected chi connectivity index (χ4v) is 2.16. The third-order valence-electron chi connectivity index (χ3n) is 2.81. The van der Waals surface area contributed by atoms with Crippen LogP contribution in [0.1, 0.15) is 48.0 Å². The van der Waals surface area contributed by atoms with Crippen LogP contribution in [-0.4, -0.2) is 17.0 Å². The first-order valence-corrected chi connectivity index (χ1v) is 5.19. The number of hydrogen-bond acceptors (Lipinski definition) is 1. The van der Waals surface area contributed by atoms with E-state index >= 15 is 0 Å². The summed E-state index contributed by atoms with van der Waals surface area (Å²) in [4.78, 5) is 2.50. The average molecular weight is 181 g/mol. The van der Waals surface area contributed by atoms with E-state index in [1.807, 2.05) is 0 Å². The van der Waals surface area contributed by atoms with E-state index in [2.05, 4.69) is 52.5 Å². The fourth-order valence-electron chi connectivity index (χ4n) is 2.16. The Morgan fingerprint density at radius 1 is 1.31 bits per heavy atom. The maximum Gasteiger partial charge on any atom is 0.0314 e. The molecular weight excluding hydrogens is 158 g/mol. The van der Waals surface area contributed by atoms with Gasteiger partial charge in [-0.2, -0.15) is 0 Å². The summed E-state index contributed by atoms with van der Waals surface area (Å²) in [6, 6.07) is 0.